The summed E-state index contributed by atoms with van der Waals surface area (Å²) in [7, 11) is 0. The van der Waals surface area contributed by atoms with Crippen LogP contribution in [-0.2, 0) is 5.41 Å². The fourth-order valence-corrected chi connectivity index (χ4v) is 9.77. The number of fused-ring (bicyclic) bond motifs is 13. The number of benzene rings is 8. The molecule has 0 aliphatic heterocycles. The van der Waals surface area contributed by atoms with Crippen LogP contribution in [0.2, 0.25) is 0 Å². The first-order valence-corrected chi connectivity index (χ1v) is 18.8. The Morgan fingerprint density at radius 2 is 1.07 bits per heavy atom. The van der Waals surface area contributed by atoms with E-state index in [-0.39, 0.29) is 5.41 Å². The van der Waals surface area contributed by atoms with E-state index in [4.69, 9.17) is 4.42 Å². The Kier molecular flexibility index (Phi) is 5.84. The predicted octanol–water partition coefficient (Wildman–Crippen LogP) is 13.8. The summed E-state index contributed by atoms with van der Waals surface area (Å²) in [4.78, 5) is 0. The van der Waals surface area contributed by atoms with Crippen LogP contribution in [0.3, 0.4) is 0 Å². The van der Waals surface area contributed by atoms with Crippen LogP contribution in [0.15, 0.2) is 174 Å². The van der Waals surface area contributed by atoms with Crippen LogP contribution in [0.4, 0.5) is 0 Å². The van der Waals surface area contributed by atoms with Gasteiger partial charge in [-0.3, -0.25) is 0 Å². The summed E-state index contributed by atoms with van der Waals surface area (Å²) < 4.78 is 11.4. The topological polar surface area (TPSA) is 23.0 Å². The molecule has 0 saturated carbocycles. The minimum absolute atomic E-state index is 0.144. The van der Waals surface area contributed by atoms with Gasteiger partial charge >= 0.3 is 0 Å². The van der Waals surface area contributed by atoms with E-state index in [1.807, 2.05) is 0 Å². The summed E-state index contributed by atoms with van der Waals surface area (Å²) in [5, 5.41) is 7.34. The molecule has 0 atom stereocenters. The Hall–Kier alpha value is -6.84. The summed E-state index contributed by atoms with van der Waals surface area (Å²) in [5.74, 6) is 0. The van der Waals surface area contributed by atoms with E-state index in [1.165, 1.54) is 82.7 Å². The van der Waals surface area contributed by atoms with E-state index < -0.39 is 0 Å². The van der Waals surface area contributed by atoms with E-state index >= 15 is 0 Å². The molecule has 1 aliphatic carbocycles. The smallest absolute Gasteiger partial charge is 0.137 e. The van der Waals surface area contributed by atoms with Gasteiger partial charge in [0.05, 0.1) is 33.1 Å². The number of rotatable bonds is 3. The van der Waals surface area contributed by atoms with Gasteiger partial charge in [-0.05, 0) is 100 Å². The second-order valence-corrected chi connectivity index (χ2v) is 15.3. The molecule has 0 saturated heterocycles. The summed E-state index contributed by atoms with van der Waals surface area (Å²) in [5.41, 5.74) is 16.6. The van der Waals surface area contributed by atoms with Crippen molar-refractivity contribution in [3.05, 3.63) is 181 Å². The third-order valence-electron chi connectivity index (χ3n) is 12.1. The van der Waals surface area contributed by atoms with Crippen LogP contribution in [0.5, 0.6) is 0 Å². The second-order valence-electron chi connectivity index (χ2n) is 15.3. The number of para-hydroxylation sites is 3. The highest BCUT2D eigenvalue weighted by Crippen LogP contribution is 2.53. The van der Waals surface area contributed by atoms with Crippen LogP contribution in [0.1, 0.15) is 25.0 Å². The standard InChI is InChI=1S/C51H34N2O/c1-51(2)40-18-9-6-15-34(40)37-25-27-45-49(50(37)51)38-29-31(23-26-43(38)52(45)33-13-4-3-5-14-33)32-24-28-46-39(30-32)48-44(21-12-22-47(48)54-46)53-41-19-10-7-16-35(41)36-17-8-11-20-42(36)53/h3-30H,1-2H3. The Morgan fingerprint density at radius 3 is 1.87 bits per heavy atom. The van der Waals surface area contributed by atoms with Gasteiger partial charge in [0.2, 0.25) is 0 Å². The van der Waals surface area contributed by atoms with Crippen LogP contribution in [-0.4, -0.2) is 9.13 Å². The van der Waals surface area contributed by atoms with E-state index in [0.717, 1.165) is 27.6 Å². The average Bonchev–Trinajstić information content (AvgIpc) is 3.93. The molecule has 0 radical (unpaired) electrons. The van der Waals surface area contributed by atoms with Crippen molar-refractivity contribution in [3.8, 4) is 33.6 Å². The monoisotopic (exact) mass is 690 g/mol. The molecule has 0 unspecified atom stereocenters. The SMILES string of the molecule is CC1(C)c2ccccc2-c2ccc3c(c21)c1cc(-c2ccc4oc5cccc(-n6c7ccccc7c7ccccc76)c5c4c2)ccc1n3-c1ccccc1. The molecule has 8 aromatic carbocycles. The quantitative estimate of drug-likeness (QED) is 0.181. The van der Waals surface area contributed by atoms with Gasteiger partial charge in [-0.15, -0.1) is 0 Å². The zero-order chi connectivity index (χ0) is 35.7. The lowest BCUT2D eigenvalue weighted by Crippen LogP contribution is -2.15. The summed E-state index contributed by atoms with van der Waals surface area (Å²) >= 11 is 0. The second kappa shape index (κ2) is 10.6. The third kappa shape index (κ3) is 3.85. The van der Waals surface area contributed by atoms with Gasteiger partial charge in [0.1, 0.15) is 11.2 Å². The van der Waals surface area contributed by atoms with Gasteiger partial charge in [0.15, 0.2) is 0 Å². The number of aromatic nitrogens is 2. The summed E-state index contributed by atoms with van der Waals surface area (Å²) in [6.07, 6.45) is 0. The largest absolute Gasteiger partial charge is 0.456 e. The number of hydrogen-bond acceptors (Lipinski definition) is 1. The zero-order valence-electron chi connectivity index (χ0n) is 30.0. The first-order chi connectivity index (χ1) is 26.6. The first-order valence-electron chi connectivity index (χ1n) is 18.8. The Morgan fingerprint density at radius 1 is 0.426 bits per heavy atom. The van der Waals surface area contributed by atoms with E-state index in [0.29, 0.717) is 0 Å². The van der Waals surface area contributed by atoms with Crippen molar-refractivity contribution in [3.63, 3.8) is 0 Å². The molecule has 0 amide bonds. The van der Waals surface area contributed by atoms with Crippen molar-refractivity contribution in [2.24, 2.45) is 0 Å². The fraction of sp³-hybridized carbons (Fsp3) is 0.0588. The molecule has 0 fully saturated rings. The normalized spacial score (nSPS) is 13.5. The van der Waals surface area contributed by atoms with Crippen LogP contribution in [0.25, 0.3) is 99.2 Å². The molecule has 11 aromatic rings. The number of furan rings is 1. The molecule has 3 nitrogen and oxygen atoms in total. The van der Waals surface area contributed by atoms with Gasteiger partial charge in [-0.2, -0.15) is 0 Å². The maximum Gasteiger partial charge on any atom is 0.137 e. The van der Waals surface area contributed by atoms with Gasteiger partial charge < -0.3 is 13.6 Å². The van der Waals surface area contributed by atoms with E-state index in [2.05, 4.69) is 193 Å². The lowest BCUT2D eigenvalue weighted by atomic mass is 9.80. The van der Waals surface area contributed by atoms with Crippen molar-refractivity contribution in [2.75, 3.05) is 0 Å². The first kappa shape index (κ1) is 29.7. The van der Waals surface area contributed by atoms with Crippen molar-refractivity contribution in [1.29, 1.82) is 0 Å². The summed E-state index contributed by atoms with van der Waals surface area (Å²) in [6.45, 7) is 4.78. The van der Waals surface area contributed by atoms with E-state index in [1.54, 1.807) is 0 Å². The van der Waals surface area contributed by atoms with Crippen LogP contribution in [0, 0.1) is 0 Å². The number of hydrogen-bond donors (Lipinski definition) is 0. The van der Waals surface area contributed by atoms with Gasteiger partial charge in [-0.25, -0.2) is 0 Å². The van der Waals surface area contributed by atoms with Crippen molar-refractivity contribution in [2.45, 2.75) is 19.3 Å². The van der Waals surface area contributed by atoms with Crippen LogP contribution < -0.4 is 0 Å². The van der Waals surface area contributed by atoms with Crippen molar-refractivity contribution in [1.82, 2.24) is 9.13 Å². The highest BCUT2D eigenvalue weighted by atomic mass is 16.3. The van der Waals surface area contributed by atoms with Gasteiger partial charge in [-0.1, -0.05) is 117 Å². The summed E-state index contributed by atoms with van der Waals surface area (Å²) in [6, 6.07) is 62.0. The Bertz CT molecular complexity index is 3300. The minimum atomic E-state index is -0.144. The number of nitrogens with zero attached hydrogens (tertiary/aromatic N) is 2. The van der Waals surface area contributed by atoms with Gasteiger partial charge in [0, 0.05) is 38.0 Å². The highest BCUT2D eigenvalue weighted by Gasteiger charge is 2.38. The maximum absolute atomic E-state index is 6.57. The highest BCUT2D eigenvalue weighted by molar-refractivity contribution is 6.17. The van der Waals surface area contributed by atoms with Crippen LogP contribution >= 0.6 is 0 Å². The molecule has 254 valence electrons. The van der Waals surface area contributed by atoms with Crippen molar-refractivity contribution >= 4 is 65.6 Å². The third-order valence-corrected chi connectivity index (χ3v) is 12.1. The molecule has 0 bridgehead atoms. The molecule has 3 heteroatoms. The maximum atomic E-state index is 6.57. The average molecular weight is 691 g/mol. The van der Waals surface area contributed by atoms with Gasteiger partial charge in [0.25, 0.3) is 0 Å². The molecule has 0 spiro atoms. The predicted molar refractivity (Wildman–Crippen MR) is 225 cm³/mol. The van der Waals surface area contributed by atoms with Crippen molar-refractivity contribution < 1.29 is 4.42 Å². The lowest BCUT2D eigenvalue weighted by molar-refractivity contribution is 0.666. The zero-order valence-corrected chi connectivity index (χ0v) is 30.0. The molecule has 1 aliphatic rings. The lowest BCUT2D eigenvalue weighted by Gasteiger charge is -2.22. The molecule has 0 N–H and O–H groups in total. The Labute approximate surface area is 311 Å². The minimum Gasteiger partial charge on any atom is -0.456 e. The molecule has 54 heavy (non-hydrogen) atoms. The molecule has 3 heterocycles. The molecular weight excluding hydrogens is 657 g/mol. The molecular formula is C51H34N2O. The Balaban J connectivity index is 1.12. The van der Waals surface area contributed by atoms with E-state index in [9.17, 15) is 0 Å². The molecule has 12 rings (SSSR count). The fourth-order valence-electron chi connectivity index (χ4n) is 9.77. The molecule has 3 aromatic heterocycles.